The van der Waals surface area contributed by atoms with Crippen molar-refractivity contribution in [1.82, 2.24) is 18.9 Å². The highest BCUT2D eigenvalue weighted by atomic mass is 16.4. The number of carboxylic acids is 1. The lowest BCUT2D eigenvalue weighted by Crippen LogP contribution is -2.22. The summed E-state index contributed by atoms with van der Waals surface area (Å²) in [6, 6.07) is 10.5. The van der Waals surface area contributed by atoms with Gasteiger partial charge in [-0.15, -0.1) is 0 Å². The van der Waals surface area contributed by atoms with Crippen molar-refractivity contribution >= 4 is 28.3 Å². The lowest BCUT2D eigenvalue weighted by Gasteiger charge is -2.20. The predicted molar refractivity (Wildman–Crippen MR) is 146 cm³/mol. The Hall–Kier alpha value is -4.46. The van der Waals surface area contributed by atoms with Crippen LogP contribution in [0.1, 0.15) is 51.3 Å². The molecule has 0 aliphatic rings. The van der Waals surface area contributed by atoms with E-state index in [0.29, 0.717) is 22.6 Å². The summed E-state index contributed by atoms with van der Waals surface area (Å²) in [6.07, 6.45) is 3.56. The van der Waals surface area contributed by atoms with Crippen LogP contribution in [0.3, 0.4) is 0 Å². The number of benzene rings is 1. The Balaban J connectivity index is 1.70. The minimum atomic E-state index is -1.01. The van der Waals surface area contributed by atoms with Gasteiger partial charge < -0.3 is 15.0 Å². The van der Waals surface area contributed by atoms with Crippen molar-refractivity contribution in [3.8, 4) is 11.3 Å². The van der Waals surface area contributed by atoms with Crippen LogP contribution in [0.15, 0.2) is 53.6 Å². The maximum Gasteiger partial charge on any atom is 0.337 e. The molecule has 2 N–H and O–H groups in total. The monoisotopic (exact) mass is 495 g/mol. The molecule has 0 fully saturated rings. The van der Waals surface area contributed by atoms with E-state index in [1.54, 1.807) is 48.0 Å². The molecule has 1 unspecified atom stereocenters. The summed E-state index contributed by atoms with van der Waals surface area (Å²) in [6.45, 7) is 9.78. The number of pyridine rings is 2. The van der Waals surface area contributed by atoms with Gasteiger partial charge in [-0.1, -0.05) is 12.1 Å². The van der Waals surface area contributed by atoms with Gasteiger partial charge in [0.15, 0.2) is 0 Å². The molecule has 37 heavy (non-hydrogen) atoms. The summed E-state index contributed by atoms with van der Waals surface area (Å²) in [4.78, 5) is 34.9. The smallest absolute Gasteiger partial charge is 0.337 e. The zero-order valence-electron chi connectivity index (χ0n) is 21.7. The number of anilines is 1. The molecule has 5 aromatic rings. The second-order valence-electron chi connectivity index (χ2n) is 9.64. The fourth-order valence-corrected chi connectivity index (χ4v) is 4.94. The van der Waals surface area contributed by atoms with E-state index in [4.69, 9.17) is 4.98 Å². The Kier molecular flexibility index (Phi) is 5.82. The van der Waals surface area contributed by atoms with Crippen molar-refractivity contribution in [2.24, 2.45) is 7.05 Å². The summed E-state index contributed by atoms with van der Waals surface area (Å²) in [5.74, 6) is -1.01. The molecular formula is C29H29N5O3. The molecule has 0 saturated heterocycles. The van der Waals surface area contributed by atoms with E-state index in [0.717, 1.165) is 39.0 Å². The molecule has 0 spiro atoms. The first-order valence-corrected chi connectivity index (χ1v) is 12.1. The molecule has 0 amide bonds. The van der Waals surface area contributed by atoms with E-state index in [-0.39, 0.29) is 17.2 Å². The SMILES string of the molecule is Cc1cc(C(C)Nc2ccccc2C(=O)O)c2nc(-c3cnc4c(c3)c(C)c(C)n4C)c(C)c(=O)n2c1. The number of carboxylic acid groups (broad SMARTS) is 1. The van der Waals surface area contributed by atoms with Crippen LogP contribution in [0.5, 0.6) is 0 Å². The molecule has 0 bridgehead atoms. The van der Waals surface area contributed by atoms with Crippen molar-refractivity contribution < 1.29 is 9.90 Å². The minimum absolute atomic E-state index is 0.149. The van der Waals surface area contributed by atoms with Crippen LogP contribution >= 0.6 is 0 Å². The zero-order valence-corrected chi connectivity index (χ0v) is 21.7. The number of aromatic carboxylic acids is 1. The fourth-order valence-electron chi connectivity index (χ4n) is 4.94. The van der Waals surface area contributed by atoms with Crippen molar-refractivity contribution in [3.05, 3.63) is 92.7 Å². The Morgan fingerprint density at radius 1 is 1.05 bits per heavy atom. The number of para-hydroxylation sites is 1. The number of aryl methyl sites for hydroxylation is 3. The van der Waals surface area contributed by atoms with Crippen molar-refractivity contribution in [3.63, 3.8) is 0 Å². The Labute approximate surface area is 214 Å². The van der Waals surface area contributed by atoms with Crippen LogP contribution < -0.4 is 10.9 Å². The van der Waals surface area contributed by atoms with E-state index in [9.17, 15) is 14.7 Å². The normalized spacial score (nSPS) is 12.3. The molecule has 188 valence electrons. The average molecular weight is 496 g/mol. The van der Waals surface area contributed by atoms with Crippen molar-refractivity contribution in [2.45, 2.75) is 40.7 Å². The third kappa shape index (κ3) is 3.94. The van der Waals surface area contributed by atoms with Gasteiger partial charge in [-0.05, 0) is 70.0 Å². The van der Waals surface area contributed by atoms with Gasteiger partial charge in [0, 0.05) is 52.9 Å². The second kappa shape index (κ2) is 8.89. The van der Waals surface area contributed by atoms with Crippen LogP contribution in [-0.2, 0) is 7.05 Å². The average Bonchev–Trinajstić information content (AvgIpc) is 3.09. The standard InChI is InChI=1S/C29H29N5O3/c1-15-11-23(18(4)31-24-10-8-7-9-21(24)29(36)37)27-32-25(17(3)28(35)34(27)14-15)20-12-22-16(2)19(5)33(6)26(22)30-13-20/h7-14,18,31H,1-6H3,(H,36,37). The second-order valence-corrected chi connectivity index (χ2v) is 9.64. The molecule has 4 aromatic heterocycles. The van der Waals surface area contributed by atoms with Crippen LogP contribution in [0.25, 0.3) is 27.9 Å². The maximum atomic E-state index is 13.5. The highest BCUT2D eigenvalue weighted by Crippen LogP contribution is 2.30. The molecule has 8 nitrogen and oxygen atoms in total. The van der Waals surface area contributed by atoms with Crippen LogP contribution in [0.4, 0.5) is 5.69 Å². The van der Waals surface area contributed by atoms with E-state index in [1.807, 2.05) is 27.0 Å². The molecule has 1 atom stereocenters. The van der Waals surface area contributed by atoms with Crippen molar-refractivity contribution in [2.75, 3.05) is 5.32 Å². The highest BCUT2D eigenvalue weighted by Gasteiger charge is 2.20. The minimum Gasteiger partial charge on any atom is -0.478 e. The first-order chi connectivity index (χ1) is 17.6. The maximum absolute atomic E-state index is 13.5. The number of carbonyl (C=O) groups is 1. The summed E-state index contributed by atoms with van der Waals surface area (Å²) in [5.41, 5.74) is 7.83. The quantitative estimate of drug-likeness (QED) is 0.341. The topological polar surface area (TPSA) is 102 Å². The van der Waals surface area contributed by atoms with E-state index < -0.39 is 5.97 Å². The Morgan fingerprint density at radius 3 is 2.51 bits per heavy atom. The third-order valence-corrected chi connectivity index (χ3v) is 7.22. The van der Waals surface area contributed by atoms with Crippen LogP contribution in [0, 0.1) is 27.7 Å². The van der Waals surface area contributed by atoms with Gasteiger partial charge in [-0.2, -0.15) is 0 Å². The summed E-state index contributed by atoms with van der Waals surface area (Å²) < 4.78 is 3.64. The van der Waals surface area contributed by atoms with Gasteiger partial charge in [0.2, 0.25) is 0 Å². The molecule has 0 saturated carbocycles. The molecule has 8 heteroatoms. The Bertz CT molecular complexity index is 1780. The van der Waals surface area contributed by atoms with E-state index in [2.05, 4.69) is 34.8 Å². The van der Waals surface area contributed by atoms with Crippen molar-refractivity contribution in [1.29, 1.82) is 0 Å². The number of hydrogen-bond acceptors (Lipinski definition) is 5. The van der Waals surface area contributed by atoms with Gasteiger partial charge >= 0.3 is 5.97 Å². The number of rotatable bonds is 5. The first kappa shape index (κ1) is 24.2. The summed E-state index contributed by atoms with van der Waals surface area (Å²) >= 11 is 0. The van der Waals surface area contributed by atoms with Gasteiger partial charge in [-0.25, -0.2) is 14.8 Å². The van der Waals surface area contributed by atoms with Gasteiger partial charge in [0.25, 0.3) is 5.56 Å². The fraction of sp³-hybridized carbons (Fsp3) is 0.241. The van der Waals surface area contributed by atoms with E-state index in [1.165, 1.54) is 0 Å². The largest absolute Gasteiger partial charge is 0.478 e. The number of hydrogen-bond donors (Lipinski definition) is 2. The number of nitrogens with one attached hydrogen (secondary N) is 1. The van der Waals surface area contributed by atoms with Gasteiger partial charge in [0.1, 0.15) is 11.3 Å². The van der Waals surface area contributed by atoms with Gasteiger partial charge in [0.05, 0.1) is 17.3 Å². The van der Waals surface area contributed by atoms with Crippen LogP contribution in [0.2, 0.25) is 0 Å². The molecule has 0 aliphatic heterocycles. The Morgan fingerprint density at radius 2 is 1.78 bits per heavy atom. The number of aromatic nitrogens is 4. The predicted octanol–water partition coefficient (Wildman–Crippen LogP) is 5.35. The molecule has 0 aliphatic carbocycles. The highest BCUT2D eigenvalue weighted by molar-refractivity contribution is 5.94. The molecule has 5 rings (SSSR count). The summed E-state index contributed by atoms with van der Waals surface area (Å²) in [5, 5.41) is 13.9. The van der Waals surface area contributed by atoms with Gasteiger partial charge in [-0.3, -0.25) is 9.20 Å². The van der Waals surface area contributed by atoms with E-state index >= 15 is 0 Å². The first-order valence-electron chi connectivity index (χ1n) is 12.1. The lowest BCUT2D eigenvalue weighted by atomic mass is 10.0. The molecule has 1 aromatic carbocycles. The molecule has 0 radical (unpaired) electrons. The lowest BCUT2D eigenvalue weighted by molar-refractivity contribution is 0.0698. The zero-order chi connectivity index (χ0) is 26.6. The van der Waals surface area contributed by atoms with Crippen LogP contribution in [-0.4, -0.2) is 30.0 Å². The number of nitrogens with zero attached hydrogens (tertiary/aromatic N) is 4. The molecular weight excluding hydrogens is 466 g/mol. The third-order valence-electron chi connectivity index (χ3n) is 7.22. The number of fused-ring (bicyclic) bond motifs is 2. The summed E-state index contributed by atoms with van der Waals surface area (Å²) in [7, 11) is 1.99. The molecule has 4 heterocycles.